The fourth-order valence-electron chi connectivity index (χ4n) is 3.67. The van der Waals surface area contributed by atoms with E-state index < -0.39 is 11.7 Å². The zero-order valence-electron chi connectivity index (χ0n) is 17.7. The predicted octanol–water partition coefficient (Wildman–Crippen LogP) is 5.06. The van der Waals surface area contributed by atoms with Crippen LogP contribution in [0.1, 0.15) is 34.8 Å². The highest BCUT2D eigenvalue weighted by molar-refractivity contribution is 7.98. The second-order valence-electron chi connectivity index (χ2n) is 7.58. The van der Waals surface area contributed by atoms with Crippen LogP contribution in [0.5, 0.6) is 0 Å². The first kappa shape index (κ1) is 22.3. The van der Waals surface area contributed by atoms with E-state index in [-0.39, 0.29) is 28.9 Å². The normalized spacial score (nSPS) is 14.1. The molecule has 0 unspecified atom stereocenters. The average molecular weight is 489 g/mol. The van der Waals surface area contributed by atoms with E-state index in [0.717, 1.165) is 25.0 Å². The number of furan rings is 1. The van der Waals surface area contributed by atoms with Crippen molar-refractivity contribution in [3.05, 3.63) is 66.1 Å². The summed E-state index contributed by atoms with van der Waals surface area (Å²) in [6, 6.07) is 8.18. The molecule has 1 amide bonds. The van der Waals surface area contributed by atoms with Crippen molar-refractivity contribution < 1.29 is 26.8 Å². The molecule has 0 radical (unpaired) electrons. The Hall–Kier alpha value is -3.54. The third kappa shape index (κ3) is 4.45. The summed E-state index contributed by atoms with van der Waals surface area (Å²) in [5.41, 5.74) is -0.336. The molecule has 0 N–H and O–H groups in total. The van der Waals surface area contributed by atoms with E-state index >= 15 is 0 Å². The van der Waals surface area contributed by atoms with Gasteiger partial charge in [0.15, 0.2) is 16.6 Å². The number of aromatic nitrogens is 4. The molecule has 0 spiro atoms. The van der Waals surface area contributed by atoms with E-state index in [4.69, 9.17) is 8.83 Å². The number of rotatable bonds is 6. The van der Waals surface area contributed by atoms with Gasteiger partial charge in [0.1, 0.15) is 6.26 Å². The highest BCUT2D eigenvalue weighted by atomic mass is 32.2. The van der Waals surface area contributed by atoms with Gasteiger partial charge in [0.05, 0.1) is 23.3 Å². The molecule has 4 aromatic rings. The van der Waals surface area contributed by atoms with Crippen LogP contribution in [0, 0.1) is 0 Å². The van der Waals surface area contributed by atoms with Crippen LogP contribution >= 0.6 is 11.8 Å². The van der Waals surface area contributed by atoms with Gasteiger partial charge in [-0.3, -0.25) is 9.36 Å². The number of hydrogen-bond acceptors (Lipinski definition) is 7. The smallest absolute Gasteiger partial charge is 0.416 e. The zero-order valence-corrected chi connectivity index (χ0v) is 18.5. The molecule has 3 aromatic heterocycles. The van der Waals surface area contributed by atoms with E-state index in [0.29, 0.717) is 29.9 Å². The van der Waals surface area contributed by atoms with Crippen LogP contribution in [0.2, 0.25) is 0 Å². The Balaban J connectivity index is 1.42. The first-order chi connectivity index (χ1) is 16.4. The fraction of sp³-hybridized carbons (Fsp3) is 0.273. The summed E-state index contributed by atoms with van der Waals surface area (Å²) in [5.74, 6) is 0.925. The lowest BCUT2D eigenvalue weighted by molar-refractivity contribution is -0.137. The molecule has 0 aliphatic carbocycles. The van der Waals surface area contributed by atoms with Gasteiger partial charge in [0, 0.05) is 13.1 Å². The summed E-state index contributed by atoms with van der Waals surface area (Å²) >= 11 is 1.17. The maximum Gasteiger partial charge on any atom is 0.416 e. The van der Waals surface area contributed by atoms with Gasteiger partial charge in [-0.25, -0.2) is 4.98 Å². The minimum Gasteiger partial charge on any atom is -0.461 e. The molecule has 0 bridgehead atoms. The van der Waals surface area contributed by atoms with Gasteiger partial charge in [0.2, 0.25) is 11.7 Å². The Morgan fingerprint density at radius 3 is 2.65 bits per heavy atom. The number of likely N-dealkylation sites (tertiary alicyclic amines) is 1. The van der Waals surface area contributed by atoms with Crippen molar-refractivity contribution in [1.82, 2.24) is 24.6 Å². The van der Waals surface area contributed by atoms with Crippen LogP contribution < -0.4 is 0 Å². The SMILES string of the molecule is O=C(c1coc(CSc2nnc(-c3ccco3)n2-c2cccc(C(F)(F)F)c2)n1)N1CCCC1. The van der Waals surface area contributed by atoms with Crippen LogP contribution in [0.3, 0.4) is 0 Å². The van der Waals surface area contributed by atoms with Gasteiger partial charge in [-0.15, -0.1) is 10.2 Å². The van der Waals surface area contributed by atoms with Gasteiger partial charge in [-0.2, -0.15) is 13.2 Å². The maximum absolute atomic E-state index is 13.3. The maximum atomic E-state index is 13.3. The van der Waals surface area contributed by atoms with E-state index in [1.54, 1.807) is 17.0 Å². The number of halogens is 3. The Kier molecular flexibility index (Phi) is 5.90. The number of amides is 1. The molecule has 176 valence electrons. The number of carbonyl (C=O) groups excluding carboxylic acids is 1. The summed E-state index contributed by atoms with van der Waals surface area (Å²) in [7, 11) is 0. The molecule has 8 nitrogen and oxygen atoms in total. The molecular formula is C22H18F3N5O3S. The predicted molar refractivity (Wildman–Crippen MR) is 115 cm³/mol. The standard InChI is InChI=1S/C22H18F3N5O3S/c23-22(24,25)14-5-3-6-15(11-14)30-19(17-7-4-10-32-17)27-28-21(30)34-13-18-26-16(12-33-18)20(31)29-8-1-2-9-29/h3-7,10-12H,1-2,8-9,13H2. The third-order valence-electron chi connectivity index (χ3n) is 5.30. The number of alkyl halides is 3. The van der Waals surface area contributed by atoms with Crippen molar-refractivity contribution in [1.29, 1.82) is 0 Å². The highest BCUT2D eigenvalue weighted by Crippen LogP contribution is 2.34. The van der Waals surface area contributed by atoms with Crippen molar-refractivity contribution in [3.8, 4) is 17.3 Å². The van der Waals surface area contributed by atoms with Gasteiger partial charge in [-0.05, 0) is 43.2 Å². The highest BCUT2D eigenvalue weighted by Gasteiger charge is 2.31. The number of hydrogen-bond donors (Lipinski definition) is 0. The van der Waals surface area contributed by atoms with Gasteiger partial charge in [0.25, 0.3) is 5.91 Å². The molecule has 34 heavy (non-hydrogen) atoms. The number of benzene rings is 1. The Morgan fingerprint density at radius 2 is 1.91 bits per heavy atom. The molecule has 4 heterocycles. The van der Waals surface area contributed by atoms with Crippen LogP contribution in [0.4, 0.5) is 13.2 Å². The quantitative estimate of drug-likeness (QED) is 0.350. The largest absolute Gasteiger partial charge is 0.461 e. The van der Waals surface area contributed by atoms with Crippen molar-refractivity contribution >= 4 is 17.7 Å². The lowest BCUT2D eigenvalue weighted by Crippen LogP contribution is -2.27. The zero-order chi connectivity index (χ0) is 23.7. The fourth-order valence-corrected chi connectivity index (χ4v) is 4.47. The van der Waals surface area contributed by atoms with Crippen LogP contribution in [0.25, 0.3) is 17.3 Å². The molecule has 0 saturated carbocycles. The third-order valence-corrected chi connectivity index (χ3v) is 6.21. The minimum absolute atomic E-state index is 0.176. The van der Waals surface area contributed by atoms with E-state index in [2.05, 4.69) is 15.2 Å². The summed E-state index contributed by atoms with van der Waals surface area (Å²) in [6.07, 6.45) is 0.199. The van der Waals surface area contributed by atoms with E-state index in [1.807, 2.05) is 0 Å². The monoisotopic (exact) mass is 489 g/mol. The Labute approximate surface area is 195 Å². The molecule has 1 aliphatic heterocycles. The second-order valence-corrected chi connectivity index (χ2v) is 8.52. The van der Waals surface area contributed by atoms with Crippen molar-refractivity contribution in [2.24, 2.45) is 0 Å². The molecule has 0 atom stereocenters. The molecular weight excluding hydrogens is 471 g/mol. The van der Waals surface area contributed by atoms with Gasteiger partial charge < -0.3 is 13.7 Å². The van der Waals surface area contributed by atoms with Crippen LogP contribution in [-0.2, 0) is 11.9 Å². The molecule has 1 fully saturated rings. The van der Waals surface area contributed by atoms with E-state index in [9.17, 15) is 18.0 Å². The molecule has 1 aromatic carbocycles. The first-order valence-corrected chi connectivity index (χ1v) is 11.4. The van der Waals surface area contributed by atoms with Crippen LogP contribution in [0.15, 0.2) is 62.9 Å². The topological polar surface area (TPSA) is 90.2 Å². The lowest BCUT2D eigenvalue weighted by Gasteiger charge is -2.12. The number of thioether (sulfide) groups is 1. The minimum atomic E-state index is -4.50. The first-order valence-electron chi connectivity index (χ1n) is 10.4. The molecule has 1 saturated heterocycles. The average Bonchev–Trinajstić information content (AvgIpc) is 3.62. The number of nitrogens with zero attached hydrogens (tertiary/aromatic N) is 5. The lowest BCUT2D eigenvalue weighted by atomic mass is 10.2. The van der Waals surface area contributed by atoms with Crippen molar-refractivity contribution in [2.75, 3.05) is 13.1 Å². The summed E-state index contributed by atoms with van der Waals surface area (Å²) in [4.78, 5) is 18.5. The molecule has 12 heteroatoms. The van der Waals surface area contributed by atoms with Crippen molar-refractivity contribution in [2.45, 2.75) is 29.9 Å². The van der Waals surface area contributed by atoms with Crippen molar-refractivity contribution in [3.63, 3.8) is 0 Å². The summed E-state index contributed by atoms with van der Waals surface area (Å²) < 4.78 is 52.3. The summed E-state index contributed by atoms with van der Waals surface area (Å²) in [5, 5.41) is 8.60. The summed E-state index contributed by atoms with van der Waals surface area (Å²) in [6.45, 7) is 1.40. The second kappa shape index (κ2) is 9.01. The van der Waals surface area contributed by atoms with Gasteiger partial charge in [-0.1, -0.05) is 17.8 Å². The molecule has 5 rings (SSSR count). The van der Waals surface area contributed by atoms with E-state index in [1.165, 1.54) is 41.0 Å². The van der Waals surface area contributed by atoms with Crippen LogP contribution in [-0.4, -0.2) is 43.6 Å². The Bertz CT molecular complexity index is 1290. The number of carbonyl (C=O) groups is 1. The molecule has 1 aliphatic rings. The van der Waals surface area contributed by atoms with Gasteiger partial charge >= 0.3 is 6.18 Å². The number of oxazole rings is 1. The Morgan fingerprint density at radius 1 is 1.09 bits per heavy atom.